The van der Waals surface area contributed by atoms with E-state index in [1.54, 1.807) is 0 Å². The maximum atomic E-state index is 12.1. The van der Waals surface area contributed by atoms with Crippen LogP contribution in [0.25, 0.3) is 0 Å². The minimum atomic E-state index is 0. The van der Waals surface area contributed by atoms with E-state index in [0.717, 1.165) is 38.8 Å². The van der Waals surface area contributed by atoms with E-state index < -0.39 is 0 Å². The molecule has 0 aromatic rings. The highest BCUT2D eigenvalue weighted by atomic mass is 35.5. The van der Waals surface area contributed by atoms with E-state index in [-0.39, 0.29) is 18.4 Å². The van der Waals surface area contributed by atoms with Crippen molar-refractivity contribution in [2.45, 2.75) is 44.6 Å². The van der Waals surface area contributed by atoms with Crippen LogP contribution < -0.4 is 5.73 Å². The molecule has 0 aromatic heterocycles. The lowest BCUT2D eigenvalue weighted by atomic mass is 9.95. The smallest absolute Gasteiger partial charge is 0.222 e. The summed E-state index contributed by atoms with van der Waals surface area (Å²) in [7, 11) is 0. The molecule has 104 valence electrons. The highest BCUT2D eigenvalue weighted by molar-refractivity contribution is 5.85. The Kier molecular flexibility index (Phi) is 6.16. The van der Waals surface area contributed by atoms with Crippen molar-refractivity contribution in [1.29, 1.82) is 0 Å². The van der Waals surface area contributed by atoms with Gasteiger partial charge in [-0.15, -0.1) is 19.0 Å². The largest absolute Gasteiger partial charge is 0.343 e. The number of carbonyl (C=O) groups excluding carboxylic acids is 1. The number of hydrogen-bond acceptors (Lipinski definition) is 2. The zero-order valence-electron chi connectivity index (χ0n) is 11.0. The number of halogens is 1. The molecule has 1 amide bonds. The summed E-state index contributed by atoms with van der Waals surface area (Å²) in [6.07, 6.45) is 8.26. The topological polar surface area (TPSA) is 46.3 Å². The van der Waals surface area contributed by atoms with Crippen molar-refractivity contribution in [3.05, 3.63) is 12.7 Å². The molecule has 1 saturated heterocycles. The molecule has 3 nitrogen and oxygen atoms in total. The monoisotopic (exact) mass is 272 g/mol. The highest BCUT2D eigenvalue weighted by Crippen LogP contribution is 2.28. The maximum absolute atomic E-state index is 12.1. The fourth-order valence-electron chi connectivity index (χ4n) is 3.06. The summed E-state index contributed by atoms with van der Waals surface area (Å²) in [6, 6.07) is 0.254. The first kappa shape index (κ1) is 15.5. The van der Waals surface area contributed by atoms with Gasteiger partial charge in [-0.3, -0.25) is 4.79 Å². The number of amides is 1. The number of nitrogens with two attached hydrogens (primary N) is 1. The summed E-state index contributed by atoms with van der Waals surface area (Å²) >= 11 is 0. The predicted molar refractivity (Wildman–Crippen MR) is 76.7 cm³/mol. The van der Waals surface area contributed by atoms with Crippen LogP contribution in [0.1, 0.15) is 38.5 Å². The Labute approximate surface area is 116 Å². The fourth-order valence-corrected chi connectivity index (χ4v) is 3.06. The molecule has 1 saturated carbocycles. The van der Waals surface area contributed by atoms with Crippen molar-refractivity contribution in [3.8, 4) is 0 Å². The second kappa shape index (κ2) is 7.15. The predicted octanol–water partition coefficient (Wildman–Crippen LogP) is 2.35. The molecular weight excluding hydrogens is 248 g/mol. The molecule has 0 radical (unpaired) electrons. The lowest BCUT2D eigenvalue weighted by molar-refractivity contribution is -0.133. The quantitative estimate of drug-likeness (QED) is 0.802. The van der Waals surface area contributed by atoms with Gasteiger partial charge in [-0.05, 0) is 37.5 Å². The van der Waals surface area contributed by atoms with Crippen molar-refractivity contribution >= 4 is 18.3 Å². The van der Waals surface area contributed by atoms with Gasteiger partial charge in [0.1, 0.15) is 0 Å². The lowest BCUT2D eigenvalue weighted by Crippen LogP contribution is -2.40. The van der Waals surface area contributed by atoms with Crippen LogP contribution in [-0.4, -0.2) is 29.9 Å². The van der Waals surface area contributed by atoms with Gasteiger partial charge < -0.3 is 10.6 Å². The maximum Gasteiger partial charge on any atom is 0.222 e. The highest BCUT2D eigenvalue weighted by Gasteiger charge is 2.29. The van der Waals surface area contributed by atoms with Gasteiger partial charge in [0, 0.05) is 25.6 Å². The number of piperidine rings is 1. The van der Waals surface area contributed by atoms with Gasteiger partial charge >= 0.3 is 0 Å². The van der Waals surface area contributed by atoms with Gasteiger partial charge in [0.2, 0.25) is 5.91 Å². The molecule has 0 spiro atoms. The van der Waals surface area contributed by atoms with E-state index in [2.05, 4.69) is 6.58 Å². The number of likely N-dealkylation sites (tertiary alicyclic amines) is 1. The molecule has 2 fully saturated rings. The van der Waals surface area contributed by atoms with E-state index in [1.165, 1.54) is 6.42 Å². The van der Waals surface area contributed by atoms with E-state index in [4.69, 9.17) is 5.73 Å². The molecule has 0 bridgehead atoms. The summed E-state index contributed by atoms with van der Waals surface area (Å²) in [4.78, 5) is 14.2. The van der Waals surface area contributed by atoms with E-state index in [1.807, 2.05) is 11.0 Å². The molecule has 2 atom stereocenters. The van der Waals surface area contributed by atoms with Gasteiger partial charge in [-0.1, -0.05) is 12.5 Å². The molecule has 0 aromatic carbocycles. The van der Waals surface area contributed by atoms with E-state index >= 15 is 0 Å². The molecule has 4 heteroatoms. The Morgan fingerprint density at radius 1 is 1.28 bits per heavy atom. The molecule has 0 unspecified atom stereocenters. The van der Waals surface area contributed by atoms with Crippen LogP contribution in [0.2, 0.25) is 0 Å². The zero-order chi connectivity index (χ0) is 12.3. The summed E-state index contributed by atoms with van der Waals surface area (Å²) in [5.41, 5.74) is 6.02. The molecule has 1 aliphatic heterocycles. The first-order valence-corrected chi connectivity index (χ1v) is 6.86. The molecule has 1 heterocycles. The summed E-state index contributed by atoms with van der Waals surface area (Å²) < 4.78 is 0. The Balaban J connectivity index is 0.00000162. The van der Waals surface area contributed by atoms with E-state index in [9.17, 15) is 4.79 Å². The average Bonchev–Trinajstić information content (AvgIpc) is 2.75. The van der Waals surface area contributed by atoms with Crippen LogP contribution >= 0.6 is 12.4 Å². The molecule has 2 N–H and O–H groups in total. The van der Waals surface area contributed by atoms with E-state index in [0.29, 0.717) is 24.2 Å². The minimum Gasteiger partial charge on any atom is -0.343 e. The summed E-state index contributed by atoms with van der Waals surface area (Å²) in [5, 5.41) is 0. The molecule has 2 aliphatic rings. The second-order valence-corrected chi connectivity index (χ2v) is 5.51. The second-order valence-electron chi connectivity index (χ2n) is 5.51. The van der Waals surface area contributed by atoms with Crippen molar-refractivity contribution < 1.29 is 4.79 Å². The van der Waals surface area contributed by atoms with Gasteiger partial charge in [0.25, 0.3) is 0 Å². The van der Waals surface area contributed by atoms with Gasteiger partial charge in [-0.25, -0.2) is 0 Å². The zero-order valence-corrected chi connectivity index (χ0v) is 11.8. The van der Waals surface area contributed by atoms with Crippen LogP contribution in [0.4, 0.5) is 0 Å². The normalized spacial score (nSPS) is 28.8. The third kappa shape index (κ3) is 3.72. The van der Waals surface area contributed by atoms with Gasteiger partial charge in [-0.2, -0.15) is 0 Å². The average molecular weight is 273 g/mol. The van der Waals surface area contributed by atoms with Gasteiger partial charge in [0.05, 0.1) is 0 Å². The number of rotatable bonds is 3. The Morgan fingerprint density at radius 2 is 1.94 bits per heavy atom. The lowest BCUT2D eigenvalue weighted by Gasteiger charge is -2.31. The van der Waals surface area contributed by atoms with Crippen molar-refractivity contribution in [2.75, 3.05) is 13.1 Å². The number of carbonyl (C=O) groups is 1. The van der Waals surface area contributed by atoms with Crippen LogP contribution in [-0.2, 0) is 4.79 Å². The fraction of sp³-hybridized carbons (Fsp3) is 0.786. The third-order valence-electron chi connectivity index (χ3n) is 4.38. The minimum absolute atomic E-state index is 0. The van der Waals surface area contributed by atoms with Crippen LogP contribution in [0.5, 0.6) is 0 Å². The first-order valence-electron chi connectivity index (χ1n) is 6.86. The molecule has 2 rings (SSSR count). The standard InChI is InChI=1S/C14H24N2O.ClH/c1-2-11-6-8-16(9-7-11)14(17)10-12-4-3-5-13(12)15;/h2,11-13H,1,3-10,15H2;1H/t12-,13+;/m0./s1. The Hall–Kier alpha value is -0.540. The summed E-state index contributed by atoms with van der Waals surface area (Å²) in [6.45, 7) is 5.63. The molecule has 1 aliphatic carbocycles. The number of nitrogens with zero attached hydrogens (tertiary/aromatic N) is 1. The van der Waals surface area contributed by atoms with Crippen LogP contribution in [0, 0.1) is 11.8 Å². The number of allylic oxidation sites excluding steroid dienone is 1. The van der Waals surface area contributed by atoms with Gasteiger partial charge in [0.15, 0.2) is 0 Å². The number of hydrogen-bond donors (Lipinski definition) is 1. The SMILES string of the molecule is C=CC1CCN(C(=O)C[C@@H]2CCC[C@H]2N)CC1.Cl. The van der Waals surface area contributed by atoms with Crippen LogP contribution in [0.15, 0.2) is 12.7 Å². The summed E-state index contributed by atoms with van der Waals surface area (Å²) in [5.74, 6) is 1.35. The molecule has 18 heavy (non-hydrogen) atoms. The molecular formula is C14H25ClN2O. The van der Waals surface area contributed by atoms with Crippen molar-refractivity contribution in [1.82, 2.24) is 4.90 Å². The van der Waals surface area contributed by atoms with Crippen LogP contribution in [0.3, 0.4) is 0 Å². The van der Waals surface area contributed by atoms with Crippen molar-refractivity contribution in [2.24, 2.45) is 17.6 Å². The Bertz CT molecular complexity index is 288. The Morgan fingerprint density at radius 3 is 2.44 bits per heavy atom. The van der Waals surface area contributed by atoms with Crippen molar-refractivity contribution in [3.63, 3.8) is 0 Å². The first-order chi connectivity index (χ1) is 8.20. The third-order valence-corrected chi connectivity index (χ3v) is 4.38.